The van der Waals surface area contributed by atoms with Gasteiger partial charge in [0, 0.05) is 66.2 Å². The molecule has 3 heterocycles. The lowest BCUT2D eigenvalue weighted by molar-refractivity contribution is 0.0880. The lowest BCUT2D eigenvalue weighted by Crippen LogP contribution is -2.54. The Hall–Kier alpha value is -3.39. The highest BCUT2D eigenvalue weighted by molar-refractivity contribution is 6.36. The first kappa shape index (κ1) is 24.9. The standard InChI is InChI=1S/C30H31ClN4O3/c1-17-15-35(16-18(2)32-17)11-6-12-38-19-9-10-21-24(13-19)34(3)25-14-22(20-7-4-5-8-23(20)31)27-28(26(21)25)30(37)33-29(27)36/h4-5,7-10,13-14,17-18,32H,6,11-12,15-16H2,1-3H3,(H,33,36,37). The fraction of sp³-hybridized carbons (Fsp3) is 0.333. The molecular weight excluding hydrogens is 500 g/mol. The van der Waals surface area contributed by atoms with Crippen LogP contribution in [0.3, 0.4) is 0 Å². The first-order valence-electron chi connectivity index (χ1n) is 13.1. The van der Waals surface area contributed by atoms with Crippen molar-refractivity contribution in [3.05, 3.63) is 64.7 Å². The second-order valence-corrected chi connectivity index (χ2v) is 10.9. The summed E-state index contributed by atoms with van der Waals surface area (Å²) in [6.07, 6.45) is 0.948. The van der Waals surface area contributed by atoms with Crippen molar-refractivity contribution in [1.82, 2.24) is 20.1 Å². The van der Waals surface area contributed by atoms with E-state index < -0.39 is 5.91 Å². The minimum atomic E-state index is -0.396. The molecule has 2 unspecified atom stereocenters. The maximum atomic E-state index is 13.0. The SMILES string of the molecule is CC1CN(CCCOc2ccc3c4c5c(c(-c6ccccc6Cl)cc4n(C)c3c2)C(=O)NC5=O)CC(C)N1. The Morgan fingerprint density at radius 3 is 2.45 bits per heavy atom. The molecule has 0 saturated carbocycles. The van der Waals surface area contributed by atoms with Crippen LogP contribution in [0, 0.1) is 0 Å². The first-order chi connectivity index (χ1) is 18.3. The molecule has 1 fully saturated rings. The Balaban J connectivity index is 1.33. The molecule has 1 aromatic heterocycles. The van der Waals surface area contributed by atoms with Crippen LogP contribution in [0.5, 0.6) is 5.75 Å². The third-order valence-corrected chi connectivity index (χ3v) is 7.96. The van der Waals surface area contributed by atoms with Gasteiger partial charge in [-0.2, -0.15) is 0 Å². The average molecular weight is 531 g/mol. The van der Waals surface area contributed by atoms with Gasteiger partial charge in [0.05, 0.1) is 28.8 Å². The second-order valence-electron chi connectivity index (χ2n) is 10.5. The average Bonchev–Trinajstić information content (AvgIpc) is 3.33. The van der Waals surface area contributed by atoms with Crippen LogP contribution in [0.25, 0.3) is 32.9 Å². The lowest BCUT2D eigenvalue weighted by atomic mass is 9.93. The van der Waals surface area contributed by atoms with Gasteiger partial charge in [0.2, 0.25) is 0 Å². The number of rotatable bonds is 6. The number of hydrogen-bond acceptors (Lipinski definition) is 5. The highest BCUT2D eigenvalue weighted by Gasteiger charge is 2.34. The molecule has 0 radical (unpaired) electrons. The molecule has 2 atom stereocenters. The molecule has 0 aliphatic carbocycles. The molecule has 0 spiro atoms. The van der Waals surface area contributed by atoms with Gasteiger partial charge in [-0.3, -0.25) is 14.9 Å². The van der Waals surface area contributed by atoms with Crippen LogP contribution in [0.15, 0.2) is 48.5 Å². The van der Waals surface area contributed by atoms with Crippen LogP contribution in [-0.4, -0.2) is 59.6 Å². The van der Waals surface area contributed by atoms with Gasteiger partial charge in [0.25, 0.3) is 11.8 Å². The smallest absolute Gasteiger partial charge is 0.259 e. The fourth-order valence-electron chi connectivity index (χ4n) is 6.11. The molecule has 6 rings (SSSR count). The van der Waals surface area contributed by atoms with Crippen molar-refractivity contribution < 1.29 is 14.3 Å². The number of carbonyl (C=O) groups excluding carboxylic acids is 2. The van der Waals surface area contributed by atoms with Crippen LogP contribution in [0.1, 0.15) is 41.0 Å². The number of piperazine rings is 1. The van der Waals surface area contributed by atoms with E-state index in [1.807, 2.05) is 49.5 Å². The third-order valence-electron chi connectivity index (χ3n) is 7.63. The minimum absolute atomic E-state index is 0.375. The van der Waals surface area contributed by atoms with E-state index in [0.717, 1.165) is 59.2 Å². The van der Waals surface area contributed by atoms with E-state index >= 15 is 0 Å². The summed E-state index contributed by atoms with van der Waals surface area (Å²) in [4.78, 5) is 28.4. The summed E-state index contributed by atoms with van der Waals surface area (Å²) in [5.41, 5.74) is 3.95. The minimum Gasteiger partial charge on any atom is -0.493 e. The van der Waals surface area contributed by atoms with E-state index in [4.69, 9.17) is 16.3 Å². The van der Waals surface area contributed by atoms with Gasteiger partial charge in [-0.15, -0.1) is 0 Å². The number of imide groups is 1. The highest BCUT2D eigenvalue weighted by Crippen LogP contribution is 2.42. The van der Waals surface area contributed by atoms with Gasteiger partial charge in [0.15, 0.2) is 0 Å². The van der Waals surface area contributed by atoms with Gasteiger partial charge in [-0.05, 0) is 50.1 Å². The number of amides is 2. The number of ether oxygens (including phenoxy) is 1. The molecule has 8 heteroatoms. The summed E-state index contributed by atoms with van der Waals surface area (Å²) in [6.45, 7) is 8.21. The molecule has 2 amide bonds. The van der Waals surface area contributed by atoms with Gasteiger partial charge in [0.1, 0.15) is 5.75 Å². The Morgan fingerprint density at radius 2 is 1.68 bits per heavy atom. The molecule has 7 nitrogen and oxygen atoms in total. The number of aryl methyl sites for hydroxylation is 1. The van der Waals surface area contributed by atoms with E-state index in [2.05, 4.69) is 33.9 Å². The van der Waals surface area contributed by atoms with Crippen LogP contribution in [0.2, 0.25) is 5.02 Å². The molecule has 2 N–H and O–H groups in total. The van der Waals surface area contributed by atoms with Gasteiger partial charge in [-0.1, -0.05) is 29.8 Å². The number of hydrogen-bond donors (Lipinski definition) is 2. The Morgan fingerprint density at radius 1 is 0.947 bits per heavy atom. The quantitative estimate of drug-likeness (QED) is 0.271. The normalized spacial score (nSPS) is 19.8. The zero-order valence-corrected chi connectivity index (χ0v) is 22.6. The predicted octanol–water partition coefficient (Wildman–Crippen LogP) is 4.99. The second kappa shape index (κ2) is 9.73. The van der Waals surface area contributed by atoms with E-state index in [9.17, 15) is 9.59 Å². The summed E-state index contributed by atoms with van der Waals surface area (Å²) >= 11 is 6.51. The fourth-order valence-corrected chi connectivity index (χ4v) is 6.35. The molecule has 4 aromatic rings. The van der Waals surface area contributed by atoms with Crippen molar-refractivity contribution in [3.8, 4) is 16.9 Å². The van der Waals surface area contributed by atoms with Gasteiger partial charge >= 0.3 is 0 Å². The van der Waals surface area contributed by atoms with Crippen LogP contribution in [-0.2, 0) is 7.05 Å². The van der Waals surface area contributed by atoms with Gasteiger partial charge in [-0.25, -0.2) is 0 Å². The molecule has 0 bridgehead atoms. The number of carbonyl (C=O) groups is 2. The number of nitrogens with zero attached hydrogens (tertiary/aromatic N) is 2. The number of nitrogens with one attached hydrogen (secondary N) is 2. The summed E-state index contributed by atoms with van der Waals surface area (Å²) in [5, 5.41) is 8.27. The van der Waals surface area contributed by atoms with E-state index in [1.54, 1.807) is 6.07 Å². The third kappa shape index (κ3) is 4.25. The van der Waals surface area contributed by atoms with Crippen LogP contribution in [0.4, 0.5) is 0 Å². The highest BCUT2D eigenvalue weighted by atomic mass is 35.5. The Labute approximate surface area is 226 Å². The van der Waals surface area contributed by atoms with Crippen LogP contribution >= 0.6 is 11.6 Å². The topological polar surface area (TPSA) is 75.6 Å². The molecule has 1 saturated heterocycles. The molecule has 196 valence electrons. The van der Waals surface area contributed by atoms with E-state index in [-0.39, 0.29) is 5.91 Å². The van der Waals surface area contributed by atoms with Crippen LogP contribution < -0.4 is 15.4 Å². The predicted molar refractivity (Wildman–Crippen MR) is 151 cm³/mol. The number of fused-ring (bicyclic) bond motifs is 5. The summed E-state index contributed by atoms with van der Waals surface area (Å²) in [5.74, 6) is 0.00860. The Kier molecular flexibility index (Phi) is 6.38. The summed E-state index contributed by atoms with van der Waals surface area (Å²) in [6, 6.07) is 16.3. The van der Waals surface area contributed by atoms with Crippen molar-refractivity contribution in [2.75, 3.05) is 26.2 Å². The van der Waals surface area contributed by atoms with Crippen molar-refractivity contribution in [3.63, 3.8) is 0 Å². The zero-order valence-electron chi connectivity index (χ0n) is 21.8. The van der Waals surface area contributed by atoms with Crippen molar-refractivity contribution in [2.45, 2.75) is 32.4 Å². The lowest BCUT2D eigenvalue weighted by Gasteiger charge is -2.36. The maximum absolute atomic E-state index is 13.0. The van der Waals surface area contributed by atoms with Crippen molar-refractivity contribution in [1.29, 1.82) is 0 Å². The number of halogens is 1. The van der Waals surface area contributed by atoms with Crippen molar-refractivity contribution >= 4 is 45.2 Å². The zero-order chi connectivity index (χ0) is 26.6. The van der Waals surface area contributed by atoms with E-state index in [1.165, 1.54) is 0 Å². The largest absolute Gasteiger partial charge is 0.493 e. The monoisotopic (exact) mass is 530 g/mol. The Bertz CT molecular complexity index is 1580. The number of aromatic nitrogens is 1. The molecule has 2 aliphatic rings. The number of benzene rings is 3. The molecule has 2 aliphatic heterocycles. The molecule has 3 aromatic carbocycles. The first-order valence-corrected chi connectivity index (χ1v) is 13.5. The van der Waals surface area contributed by atoms with E-state index in [0.29, 0.717) is 40.4 Å². The van der Waals surface area contributed by atoms with Gasteiger partial charge < -0.3 is 19.5 Å². The summed E-state index contributed by atoms with van der Waals surface area (Å²) in [7, 11) is 1.97. The summed E-state index contributed by atoms with van der Waals surface area (Å²) < 4.78 is 8.20. The molecular formula is C30H31ClN4O3. The maximum Gasteiger partial charge on any atom is 0.259 e. The van der Waals surface area contributed by atoms with Crippen molar-refractivity contribution in [2.24, 2.45) is 7.05 Å². The molecule has 38 heavy (non-hydrogen) atoms.